The Bertz CT molecular complexity index is 832. The smallest absolute Gasteiger partial charge is 0.314 e. The van der Waals surface area contributed by atoms with Gasteiger partial charge in [-0.1, -0.05) is 28.1 Å². The van der Waals surface area contributed by atoms with Gasteiger partial charge in [-0.05, 0) is 44.0 Å². The molecule has 136 valence electrons. The molecule has 1 aliphatic heterocycles. The van der Waals surface area contributed by atoms with Gasteiger partial charge in [0.15, 0.2) is 0 Å². The molecule has 1 saturated heterocycles. The summed E-state index contributed by atoms with van der Waals surface area (Å²) in [5.41, 5.74) is 8.37. The molecule has 6 nitrogen and oxygen atoms in total. The molecule has 0 unspecified atom stereocenters. The van der Waals surface area contributed by atoms with Crippen molar-refractivity contribution in [3.05, 3.63) is 52.1 Å². The number of nitrogens with zero attached hydrogens (tertiary/aromatic N) is 2. The number of urea groups is 1. The molecule has 0 bridgehead atoms. The average molecular weight is 417 g/mol. The lowest BCUT2D eigenvalue weighted by atomic mass is 10.0. The molecule has 3 amide bonds. The van der Waals surface area contributed by atoms with Gasteiger partial charge in [0.2, 0.25) is 0 Å². The third kappa shape index (κ3) is 4.22. The number of piperidine rings is 1. The largest absolute Gasteiger partial charge is 0.351 e. The van der Waals surface area contributed by atoms with Crippen molar-refractivity contribution in [2.45, 2.75) is 25.8 Å². The highest BCUT2D eigenvalue weighted by Gasteiger charge is 2.23. The van der Waals surface area contributed by atoms with E-state index in [0.717, 1.165) is 15.7 Å². The molecule has 26 heavy (non-hydrogen) atoms. The van der Waals surface area contributed by atoms with Crippen molar-refractivity contribution in [1.29, 1.82) is 0 Å². The Morgan fingerprint density at radius 3 is 2.58 bits per heavy atom. The van der Waals surface area contributed by atoms with Crippen LogP contribution in [-0.4, -0.2) is 41.0 Å². The lowest BCUT2D eigenvalue weighted by molar-refractivity contribution is 0.0918. The molecule has 0 radical (unpaired) electrons. The number of likely N-dealkylation sites (tertiary alicyclic amines) is 1. The van der Waals surface area contributed by atoms with Crippen LogP contribution in [0, 0.1) is 6.92 Å². The van der Waals surface area contributed by atoms with Crippen LogP contribution in [0.15, 0.2) is 40.9 Å². The zero-order valence-corrected chi connectivity index (χ0v) is 16.1. The van der Waals surface area contributed by atoms with E-state index < -0.39 is 6.03 Å². The van der Waals surface area contributed by atoms with Crippen LogP contribution in [0.5, 0.6) is 0 Å². The summed E-state index contributed by atoms with van der Waals surface area (Å²) in [6, 6.07) is 11.2. The molecule has 0 aliphatic carbocycles. The summed E-state index contributed by atoms with van der Waals surface area (Å²) in [5, 5.41) is 3.04. The molecule has 2 heterocycles. The van der Waals surface area contributed by atoms with Gasteiger partial charge in [-0.25, -0.2) is 4.79 Å². The number of aromatic nitrogens is 1. The van der Waals surface area contributed by atoms with E-state index in [-0.39, 0.29) is 11.9 Å². The van der Waals surface area contributed by atoms with Gasteiger partial charge >= 0.3 is 6.03 Å². The maximum absolute atomic E-state index is 12.6. The number of primary amides is 1. The monoisotopic (exact) mass is 416 g/mol. The van der Waals surface area contributed by atoms with Crippen molar-refractivity contribution in [1.82, 2.24) is 15.2 Å². The number of pyridine rings is 1. The fraction of sp³-hybridized carbons (Fsp3) is 0.316. The molecule has 0 spiro atoms. The first-order chi connectivity index (χ1) is 12.4. The minimum Gasteiger partial charge on any atom is -0.351 e. The van der Waals surface area contributed by atoms with Crippen LogP contribution in [0.1, 0.15) is 28.9 Å². The maximum Gasteiger partial charge on any atom is 0.314 e. The molecule has 1 aliphatic rings. The molecule has 1 aromatic heterocycles. The van der Waals surface area contributed by atoms with Crippen LogP contribution in [0.3, 0.4) is 0 Å². The Hall–Kier alpha value is -2.41. The Balaban J connectivity index is 1.68. The summed E-state index contributed by atoms with van der Waals surface area (Å²) in [6.45, 7) is 2.98. The minimum atomic E-state index is -0.405. The Kier molecular flexibility index (Phi) is 5.56. The van der Waals surface area contributed by atoms with Gasteiger partial charge in [0.25, 0.3) is 5.91 Å². The van der Waals surface area contributed by atoms with Crippen LogP contribution in [-0.2, 0) is 0 Å². The predicted molar refractivity (Wildman–Crippen MR) is 104 cm³/mol. The highest BCUT2D eigenvalue weighted by molar-refractivity contribution is 9.10. The molecular weight excluding hydrogens is 396 g/mol. The van der Waals surface area contributed by atoms with E-state index in [1.54, 1.807) is 4.90 Å². The molecule has 0 atom stereocenters. The molecule has 0 saturated carbocycles. The number of nitrogens with one attached hydrogen (secondary N) is 1. The van der Waals surface area contributed by atoms with Crippen molar-refractivity contribution < 1.29 is 9.59 Å². The normalized spacial score (nSPS) is 14.9. The molecule has 2 aromatic rings. The second-order valence-electron chi connectivity index (χ2n) is 6.41. The van der Waals surface area contributed by atoms with Crippen LogP contribution in [0.2, 0.25) is 0 Å². The number of amides is 3. The first-order valence-electron chi connectivity index (χ1n) is 8.53. The van der Waals surface area contributed by atoms with Gasteiger partial charge in [-0.3, -0.25) is 9.78 Å². The minimum absolute atomic E-state index is 0.0438. The third-order valence-corrected chi connectivity index (χ3v) is 5.09. The first kappa shape index (κ1) is 18.4. The summed E-state index contributed by atoms with van der Waals surface area (Å²) in [6.07, 6.45) is 1.41. The zero-order chi connectivity index (χ0) is 18.7. The maximum atomic E-state index is 12.6. The Morgan fingerprint density at radius 1 is 1.23 bits per heavy atom. The van der Waals surface area contributed by atoms with E-state index in [1.807, 2.05) is 43.3 Å². The van der Waals surface area contributed by atoms with Gasteiger partial charge in [0.05, 0.1) is 17.0 Å². The number of carbonyl (C=O) groups is 2. The van der Waals surface area contributed by atoms with E-state index in [9.17, 15) is 9.59 Å². The fourth-order valence-electron chi connectivity index (χ4n) is 3.12. The standard InChI is InChI=1S/C19H21BrN4O2/c1-12-16(5-6-17(22-12)13-3-2-4-14(20)11-13)18(25)23-15-7-9-24(10-8-15)19(21)26/h2-6,11,15H,7-10H2,1H3,(H2,21,26)(H,23,25). The number of nitrogens with two attached hydrogens (primary N) is 1. The first-order valence-corrected chi connectivity index (χ1v) is 9.32. The topological polar surface area (TPSA) is 88.3 Å². The van der Waals surface area contributed by atoms with Gasteiger partial charge in [0, 0.05) is 29.2 Å². The van der Waals surface area contributed by atoms with Crippen molar-refractivity contribution in [2.75, 3.05) is 13.1 Å². The van der Waals surface area contributed by atoms with Crippen molar-refractivity contribution in [3.8, 4) is 11.3 Å². The van der Waals surface area contributed by atoms with E-state index in [0.29, 0.717) is 37.2 Å². The number of carbonyl (C=O) groups excluding carboxylic acids is 2. The van der Waals surface area contributed by atoms with Gasteiger partial charge in [-0.15, -0.1) is 0 Å². The predicted octanol–water partition coefficient (Wildman–Crippen LogP) is 3.09. The van der Waals surface area contributed by atoms with Gasteiger partial charge in [0.1, 0.15) is 0 Å². The third-order valence-electron chi connectivity index (χ3n) is 4.59. The zero-order valence-electron chi connectivity index (χ0n) is 14.5. The molecule has 3 rings (SSSR count). The SMILES string of the molecule is Cc1nc(-c2cccc(Br)c2)ccc1C(=O)NC1CCN(C(N)=O)CC1. The molecule has 7 heteroatoms. The van der Waals surface area contributed by atoms with Crippen molar-refractivity contribution in [2.24, 2.45) is 5.73 Å². The van der Waals surface area contributed by atoms with Crippen molar-refractivity contribution >= 4 is 27.9 Å². The number of benzene rings is 1. The van der Waals surface area contributed by atoms with Crippen LogP contribution >= 0.6 is 15.9 Å². The van der Waals surface area contributed by atoms with Crippen LogP contribution in [0.25, 0.3) is 11.3 Å². The van der Waals surface area contributed by atoms with Crippen molar-refractivity contribution in [3.63, 3.8) is 0 Å². The lowest BCUT2D eigenvalue weighted by Crippen LogP contribution is -2.48. The summed E-state index contributed by atoms with van der Waals surface area (Å²) >= 11 is 3.46. The van der Waals surface area contributed by atoms with E-state index in [4.69, 9.17) is 5.73 Å². The molecule has 3 N–H and O–H groups in total. The summed E-state index contributed by atoms with van der Waals surface area (Å²) in [5.74, 6) is -0.131. The number of aryl methyl sites for hydroxylation is 1. The van der Waals surface area contributed by atoms with Crippen LogP contribution < -0.4 is 11.1 Å². The quantitative estimate of drug-likeness (QED) is 0.805. The highest BCUT2D eigenvalue weighted by atomic mass is 79.9. The highest BCUT2D eigenvalue weighted by Crippen LogP contribution is 2.22. The molecular formula is C19H21BrN4O2. The average Bonchev–Trinajstić information content (AvgIpc) is 2.62. The summed E-state index contributed by atoms with van der Waals surface area (Å²) < 4.78 is 0.985. The summed E-state index contributed by atoms with van der Waals surface area (Å²) in [7, 11) is 0. The van der Waals surface area contributed by atoms with E-state index in [1.165, 1.54) is 0 Å². The number of hydrogen-bond donors (Lipinski definition) is 2. The lowest BCUT2D eigenvalue weighted by Gasteiger charge is -2.31. The van der Waals surface area contributed by atoms with E-state index >= 15 is 0 Å². The fourth-order valence-corrected chi connectivity index (χ4v) is 3.52. The number of hydrogen-bond acceptors (Lipinski definition) is 3. The summed E-state index contributed by atoms with van der Waals surface area (Å²) in [4.78, 5) is 29.9. The number of halogens is 1. The Labute approximate surface area is 160 Å². The van der Waals surface area contributed by atoms with Gasteiger partial charge in [-0.2, -0.15) is 0 Å². The van der Waals surface area contributed by atoms with Gasteiger partial charge < -0.3 is 16.0 Å². The second kappa shape index (κ2) is 7.86. The second-order valence-corrected chi connectivity index (χ2v) is 7.33. The number of rotatable bonds is 3. The molecule has 1 aromatic carbocycles. The Morgan fingerprint density at radius 2 is 1.96 bits per heavy atom. The van der Waals surface area contributed by atoms with E-state index in [2.05, 4.69) is 26.2 Å². The van der Waals surface area contributed by atoms with Crippen LogP contribution in [0.4, 0.5) is 4.79 Å². The molecule has 1 fully saturated rings.